The summed E-state index contributed by atoms with van der Waals surface area (Å²) in [4.78, 5) is 29.5. The molecule has 0 saturated heterocycles. The Hall–Kier alpha value is -4.05. The van der Waals surface area contributed by atoms with Crippen LogP contribution in [0.15, 0.2) is 48.5 Å². The van der Waals surface area contributed by atoms with E-state index in [0.29, 0.717) is 24.6 Å². The van der Waals surface area contributed by atoms with Crippen molar-refractivity contribution in [3.05, 3.63) is 70.8 Å². The first-order valence-electron chi connectivity index (χ1n) is 12.7. The summed E-state index contributed by atoms with van der Waals surface area (Å²) in [5.41, 5.74) is 3.21. The van der Waals surface area contributed by atoms with E-state index < -0.39 is 24.1 Å². The number of esters is 2. The molecule has 4 aromatic rings. The van der Waals surface area contributed by atoms with Crippen LogP contribution in [0, 0.1) is 5.41 Å². The molecule has 2 aromatic heterocycles. The van der Waals surface area contributed by atoms with E-state index in [1.807, 2.05) is 48.5 Å². The van der Waals surface area contributed by atoms with E-state index in [4.69, 9.17) is 21.1 Å². The number of carbonyl (C=O) groups is 2. The Labute approximate surface area is 231 Å². The molecule has 0 radical (unpaired) electrons. The number of hydrogen-bond donors (Lipinski definition) is 1. The fourth-order valence-corrected chi connectivity index (χ4v) is 4.24. The second kappa shape index (κ2) is 12.2. The Balaban J connectivity index is 1.57. The van der Waals surface area contributed by atoms with E-state index in [1.165, 1.54) is 0 Å². The van der Waals surface area contributed by atoms with Gasteiger partial charge in [0, 0.05) is 18.5 Å². The number of ether oxygens (including phenoxy) is 2. The smallest absolute Gasteiger partial charge is 0.361 e. The van der Waals surface area contributed by atoms with E-state index in [9.17, 15) is 9.59 Å². The van der Waals surface area contributed by atoms with Crippen LogP contribution in [0.4, 0.5) is 0 Å². The Morgan fingerprint density at radius 1 is 1.03 bits per heavy atom. The molecule has 0 fully saturated rings. The summed E-state index contributed by atoms with van der Waals surface area (Å²) in [5, 5.41) is 14.3. The number of carbonyl (C=O) groups excluding carboxylic acids is 2. The summed E-state index contributed by atoms with van der Waals surface area (Å²) in [5.74, 6) is 0.0929. The van der Waals surface area contributed by atoms with Crippen LogP contribution in [0.5, 0.6) is 0 Å². The van der Waals surface area contributed by atoms with E-state index in [2.05, 4.69) is 32.5 Å². The van der Waals surface area contributed by atoms with Crippen molar-refractivity contribution in [1.29, 1.82) is 0 Å². The molecular weight excluding hydrogens is 520 g/mol. The highest BCUT2D eigenvalue weighted by atomic mass is 35.5. The second-order valence-electron chi connectivity index (χ2n) is 10.1. The third-order valence-corrected chi connectivity index (χ3v) is 6.34. The number of nitrogens with one attached hydrogen (secondary N) is 1. The second-order valence-corrected chi connectivity index (χ2v) is 10.4. The SMILES string of the molecule is CCCCc1nc(Cl)c(C(=O)OCOC(=O)C(C)(C)C)n1Cc1ccc(-c2ccccc2-c2nnn[nH]2)cc1. The number of nitrogens with zero attached hydrogens (tertiary/aromatic N) is 5. The molecule has 0 aliphatic rings. The van der Waals surface area contributed by atoms with Crippen LogP contribution in [-0.2, 0) is 27.2 Å². The lowest BCUT2D eigenvalue weighted by atomic mass is 9.98. The number of rotatable bonds is 10. The van der Waals surface area contributed by atoms with E-state index in [-0.39, 0.29) is 10.8 Å². The van der Waals surface area contributed by atoms with Gasteiger partial charge in [0.1, 0.15) is 5.82 Å². The van der Waals surface area contributed by atoms with E-state index >= 15 is 0 Å². The zero-order valence-electron chi connectivity index (χ0n) is 22.4. The molecule has 204 valence electrons. The van der Waals surface area contributed by atoms with Crippen molar-refractivity contribution in [2.24, 2.45) is 5.41 Å². The topological polar surface area (TPSA) is 125 Å². The molecule has 10 nitrogen and oxygen atoms in total. The fraction of sp³-hybridized carbons (Fsp3) is 0.357. The van der Waals surface area contributed by atoms with Gasteiger partial charge in [-0.25, -0.2) is 14.9 Å². The molecule has 1 N–H and O–H groups in total. The highest BCUT2D eigenvalue weighted by Crippen LogP contribution is 2.30. The van der Waals surface area contributed by atoms with Gasteiger partial charge in [0.2, 0.25) is 6.79 Å². The van der Waals surface area contributed by atoms with Crippen molar-refractivity contribution >= 4 is 23.5 Å². The minimum atomic E-state index is -0.711. The summed E-state index contributed by atoms with van der Waals surface area (Å²) in [6, 6.07) is 15.8. The Morgan fingerprint density at radius 2 is 1.74 bits per heavy atom. The number of tetrazole rings is 1. The van der Waals surface area contributed by atoms with Gasteiger partial charge in [-0.2, -0.15) is 0 Å². The van der Waals surface area contributed by atoms with Crippen molar-refractivity contribution in [1.82, 2.24) is 30.2 Å². The fourth-order valence-electron chi connectivity index (χ4n) is 3.97. The number of benzene rings is 2. The molecule has 0 unspecified atom stereocenters. The third-order valence-electron chi connectivity index (χ3n) is 6.08. The minimum absolute atomic E-state index is 0.0551. The minimum Gasteiger partial charge on any atom is -0.427 e. The van der Waals surface area contributed by atoms with Gasteiger partial charge in [-0.1, -0.05) is 73.5 Å². The largest absolute Gasteiger partial charge is 0.427 e. The molecular formula is C28H31ClN6O4. The summed E-state index contributed by atoms with van der Waals surface area (Å²) < 4.78 is 12.1. The predicted molar refractivity (Wildman–Crippen MR) is 146 cm³/mol. The van der Waals surface area contributed by atoms with Crippen LogP contribution in [0.1, 0.15) is 62.4 Å². The Morgan fingerprint density at radius 3 is 2.38 bits per heavy atom. The van der Waals surface area contributed by atoms with Gasteiger partial charge >= 0.3 is 11.9 Å². The van der Waals surface area contributed by atoms with Gasteiger partial charge in [-0.15, -0.1) is 5.10 Å². The molecule has 0 saturated carbocycles. The van der Waals surface area contributed by atoms with Gasteiger partial charge in [0.25, 0.3) is 0 Å². The van der Waals surface area contributed by atoms with Gasteiger partial charge in [-0.3, -0.25) is 4.79 Å². The van der Waals surface area contributed by atoms with Gasteiger partial charge in [0.05, 0.1) is 5.41 Å². The van der Waals surface area contributed by atoms with Crippen molar-refractivity contribution in [2.75, 3.05) is 6.79 Å². The lowest BCUT2D eigenvalue weighted by Crippen LogP contribution is -2.25. The van der Waals surface area contributed by atoms with Gasteiger partial charge < -0.3 is 14.0 Å². The molecule has 0 aliphatic carbocycles. The van der Waals surface area contributed by atoms with E-state index in [1.54, 1.807) is 25.3 Å². The number of unbranched alkanes of at least 4 members (excludes halogenated alkanes) is 1. The molecule has 39 heavy (non-hydrogen) atoms. The number of H-pyrrole nitrogens is 1. The Kier molecular flexibility index (Phi) is 8.75. The third kappa shape index (κ3) is 6.69. The number of aromatic nitrogens is 6. The standard InChI is InChI=1S/C28H31ClN6O4/c1-5-6-11-22-30-24(29)23(26(36)38-17-39-27(37)28(2,3)4)35(22)16-18-12-14-19(15-13-18)20-9-7-8-10-21(20)25-31-33-34-32-25/h7-10,12-15H,5-6,11,16-17H2,1-4H3,(H,31,32,33,34). The average molecular weight is 551 g/mol. The maximum atomic E-state index is 13.0. The number of halogens is 1. The van der Waals surface area contributed by atoms with Crippen LogP contribution >= 0.6 is 11.6 Å². The highest BCUT2D eigenvalue weighted by Gasteiger charge is 2.26. The zero-order valence-corrected chi connectivity index (χ0v) is 23.2. The van der Waals surface area contributed by atoms with Crippen molar-refractivity contribution in [2.45, 2.75) is 53.5 Å². The van der Waals surface area contributed by atoms with Crippen LogP contribution in [0.3, 0.4) is 0 Å². The molecule has 0 atom stereocenters. The van der Waals surface area contributed by atoms with E-state index in [0.717, 1.165) is 35.1 Å². The normalized spacial score (nSPS) is 11.4. The summed E-state index contributed by atoms with van der Waals surface area (Å²) in [6.45, 7) is 7.10. The van der Waals surface area contributed by atoms with Gasteiger partial charge in [-0.05, 0) is 54.3 Å². The number of hydrogen-bond acceptors (Lipinski definition) is 8. The number of aromatic amines is 1. The van der Waals surface area contributed by atoms with Crippen LogP contribution in [-0.4, -0.2) is 48.9 Å². The Bertz CT molecular complexity index is 1430. The molecule has 0 bridgehead atoms. The predicted octanol–water partition coefficient (Wildman–Crippen LogP) is 5.48. The lowest BCUT2D eigenvalue weighted by Gasteiger charge is -2.17. The monoisotopic (exact) mass is 550 g/mol. The molecule has 2 aromatic carbocycles. The first-order valence-corrected chi connectivity index (χ1v) is 13.1. The lowest BCUT2D eigenvalue weighted by molar-refractivity contribution is -0.161. The maximum absolute atomic E-state index is 13.0. The average Bonchev–Trinajstić information content (AvgIpc) is 3.55. The summed E-state index contributed by atoms with van der Waals surface area (Å²) in [6.07, 6.45) is 2.50. The number of imidazole rings is 1. The van der Waals surface area contributed by atoms with Crippen molar-refractivity contribution in [3.8, 4) is 22.5 Å². The van der Waals surface area contributed by atoms with Crippen molar-refractivity contribution < 1.29 is 19.1 Å². The first-order chi connectivity index (χ1) is 18.7. The molecule has 4 rings (SSSR count). The first kappa shape index (κ1) is 28.0. The number of aryl methyl sites for hydroxylation is 1. The van der Waals surface area contributed by atoms with Crippen LogP contribution in [0.25, 0.3) is 22.5 Å². The quantitative estimate of drug-likeness (QED) is 0.203. The molecule has 0 amide bonds. The molecule has 0 aliphatic heterocycles. The maximum Gasteiger partial charge on any atom is 0.361 e. The highest BCUT2D eigenvalue weighted by molar-refractivity contribution is 6.32. The molecule has 0 spiro atoms. The van der Waals surface area contributed by atoms with Gasteiger partial charge in [0.15, 0.2) is 16.7 Å². The van der Waals surface area contributed by atoms with Crippen LogP contribution < -0.4 is 0 Å². The molecule has 2 heterocycles. The summed E-state index contributed by atoms with van der Waals surface area (Å²) >= 11 is 6.42. The zero-order chi connectivity index (χ0) is 28.0. The van der Waals surface area contributed by atoms with Crippen LogP contribution in [0.2, 0.25) is 5.15 Å². The molecule has 11 heteroatoms. The van der Waals surface area contributed by atoms with Crippen molar-refractivity contribution in [3.63, 3.8) is 0 Å². The summed E-state index contributed by atoms with van der Waals surface area (Å²) in [7, 11) is 0.